The van der Waals surface area contributed by atoms with Crippen LogP contribution in [0.4, 0.5) is 11.5 Å². The summed E-state index contributed by atoms with van der Waals surface area (Å²) in [6, 6.07) is 17.4. The maximum absolute atomic E-state index is 12.5. The molecule has 9 nitrogen and oxygen atoms in total. The van der Waals surface area contributed by atoms with Crippen LogP contribution in [0.2, 0.25) is 5.15 Å². The summed E-state index contributed by atoms with van der Waals surface area (Å²) in [5.74, 6) is 0.854. The predicted octanol–water partition coefficient (Wildman–Crippen LogP) is 4.97. The quantitative estimate of drug-likeness (QED) is 0.341. The number of hydrogen-bond donors (Lipinski definition) is 2. The van der Waals surface area contributed by atoms with Gasteiger partial charge in [-0.2, -0.15) is 0 Å². The van der Waals surface area contributed by atoms with Crippen LogP contribution >= 0.6 is 11.6 Å². The van der Waals surface area contributed by atoms with Crippen molar-refractivity contribution in [3.63, 3.8) is 0 Å². The van der Waals surface area contributed by atoms with Crippen LogP contribution in [0.1, 0.15) is 27.4 Å². The molecule has 0 radical (unpaired) electrons. The number of halogens is 1. The molecule has 0 bridgehead atoms. The lowest BCUT2D eigenvalue weighted by atomic mass is 10.1. The molecule has 2 aromatic heterocycles. The minimum atomic E-state index is -3.90. The second kappa shape index (κ2) is 10.2. The predicted molar refractivity (Wildman–Crippen MR) is 131 cm³/mol. The van der Waals surface area contributed by atoms with Gasteiger partial charge in [-0.25, -0.2) is 8.42 Å². The van der Waals surface area contributed by atoms with Crippen LogP contribution in [0.25, 0.3) is 0 Å². The van der Waals surface area contributed by atoms with E-state index in [1.165, 1.54) is 42.0 Å². The molecule has 1 amide bonds. The summed E-state index contributed by atoms with van der Waals surface area (Å²) in [7, 11) is -3.90. The van der Waals surface area contributed by atoms with Crippen molar-refractivity contribution in [1.29, 1.82) is 0 Å². The highest BCUT2D eigenvalue weighted by Crippen LogP contribution is 2.20. The van der Waals surface area contributed by atoms with E-state index in [4.69, 9.17) is 20.8 Å². The smallest absolute Gasteiger partial charge is 0.291 e. The maximum Gasteiger partial charge on any atom is 0.291 e. The number of carbonyl (C=O) groups excluding carboxylic acids is 1. The number of aromatic nitrogens is 2. The summed E-state index contributed by atoms with van der Waals surface area (Å²) in [6.07, 6.45) is 0. The Bertz CT molecular complexity index is 1450. The van der Waals surface area contributed by atoms with Gasteiger partial charge in [-0.3, -0.25) is 9.52 Å². The normalized spacial score (nSPS) is 11.2. The Kier molecular flexibility index (Phi) is 7.04. The molecular formula is C24H21ClN4O5S. The third-order valence-electron chi connectivity index (χ3n) is 5.04. The van der Waals surface area contributed by atoms with E-state index in [-0.39, 0.29) is 28.2 Å². The number of sulfonamides is 1. The number of benzene rings is 2. The number of hydrogen-bond acceptors (Lipinski definition) is 7. The number of carbonyl (C=O) groups is 1. The summed E-state index contributed by atoms with van der Waals surface area (Å²) in [5.41, 5.74) is 2.69. The first-order chi connectivity index (χ1) is 16.7. The molecule has 2 N–H and O–H groups in total. The van der Waals surface area contributed by atoms with E-state index in [0.29, 0.717) is 17.2 Å². The van der Waals surface area contributed by atoms with Crippen LogP contribution in [0.3, 0.4) is 0 Å². The van der Waals surface area contributed by atoms with Crippen molar-refractivity contribution in [3.8, 4) is 5.75 Å². The molecule has 0 atom stereocenters. The molecule has 4 aromatic rings. The Morgan fingerprint density at radius 3 is 2.43 bits per heavy atom. The number of nitrogens with one attached hydrogen (secondary N) is 2. The molecular weight excluding hydrogens is 492 g/mol. The average Bonchev–Trinajstić information content (AvgIpc) is 3.31. The lowest BCUT2D eigenvalue weighted by Crippen LogP contribution is -2.15. The largest absolute Gasteiger partial charge is 0.486 e. The Hall–Kier alpha value is -3.89. The number of nitrogens with zero attached hydrogens (tertiary/aromatic N) is 2. The van der Waals surface area contributed by atoms with Gasteiger partial charge in [-0.15, -0.1) is 10.2 Å². The SMILES string of the molecule is Cc1ccc(OCc2ccc(C(=O)Nc3ccc(S(=O)(=O)Nc4ccc(Cl)nn4)cc3)o2)cc1C. The van der Waals surface area contributed by atoms with Crippen LogP contribution in [-0.4, -0.2) is 24.5 Å². The number of aryl methyl sites for hydroxylation is 2. The third kappa shape index (κ3) is 6.17. The molecule has 0 fully saturated rings. The van der Waals surface area contributed by atoms with E-state index < -0.39 is 15.9 Å². The Labute approximate surface area is 207 Å². The van der Waals surface area contributed by atoms with Crippen LogP contribution in [0.5, 0.6) is 5.75 Å². The van der Waals surface area contributed by atoms with Gasteiger partial charge in [0.25, 0.3) is 15.9 Å². The standard InChI is InChI=1S/C24H21ClN4O5S/c1-15-3-6-18(13-16(15)2)33-14-19-7-10-21(34-19)24(30)26-17-4-8-20(9-5-17)35(31,32)29-23-12-11-22(25)27-28-23/h3-13H,14H2,1-2H3,(H,26,30)(H,28,29). The van der Waals surface area contributed by atoms with E-state index in [1.807, 2.05) is 32.0 Å². The highest BCUT2D eigenvalue weighted by molar-refractivity contribution is 7.92. The molecule has 180 valence electrons. The number of rotatable bonds is 8. The van der Waals surface area contributed by atoms with Gasteiger partial charge in [-0.05, 0) is 85.6 Å². The third-order valence-corrected chi connectivity index (χ3v) is 6.61. The van der Waals surface area contributed by atoms with Gasteiger partial charge in [0.2, 0.25) is 0 Å². The van der Waals surface area contributed by atoms with Crippen LogP contribution in [0, 0.1) is 13.8 Å². The van der Waals surface area contributed by atoms with E-state index in [1.54, 1.807) is 12.1 Å². The summed E-state index contributed by atoms with van der Waals surface area (Å²) in [4.78, 5) is 12.5. The first-order valence-electron chi connectivity index (χ1n) is 10.4. The summed E-state index contributed by atoms with van der Waals surface area (Å²) < 4.78 is 38.7. The van der Waals surface area contributed by atoms with Gasteiger partial charge in [0.15, 0.2) is 16.7 Å². The fourth-order valence-corrected chi connectivity index (χ4v) is 4.11. The number of furan rings is 1. The second-order valence-electron chi connectivity index (χ2n) is 7.63. The number of anilines is 2. The fourth-order valence-electron chi connectivity index (χ4n) is 3.01. The summed E-state index contributed by atoms with van der Waals surface area (Å²) in [5, 5.41) is 10.1. The zero-order valence-electron chi connectivity index (χ0n) is 18.8. The van der Waals surface area contributed by atoms with Crippen molar-refractivity contribution in [1.82, 2.24) is 10.2 Å². The summed E-state index contributed by atoms with van der Waals surface area (Å²) >= 11 is 5.66. The Balaban J connectivity index is 1.35. The Morgan fingerprint density at radius 1 is 0.971 bits per heavy atom. The van der Waals surface area contributed by atoms with Crippen molar-refractivity contribution in [2.75, 3.05) is 10.0 Å². The van der Waals surface area contributed by atoms with Gasteiger partial charge >= 0.3 is 0 Å². The van der Waals surface area contributed by atoms with E-state index in [2.05, 4.69) is 20.2 Å². The topological polar surface area (TPSA) is 123 Å². The molecule has 11 heteroatoms. The molecule has 0 aliphatic carbocycles. The molecule has 2 aromatic carbocycles. The minimum absolute atomic E-state index is 0.0176. The van der Waals surface area contributed by atoms with Gasteiger partial charge in [0.05, 0.1) is 4.90 Å². The van der Waals surface area contributed by atoms with Gasteiger partial charge in [0.1, 0.15) is 18.1 Å². The molecule has 2 heterocycles. The fraction of sp³-hybridized carbons (Fsp3) is 0.125. The molecule has 0 aliphatic heterocycles. The van der Waals surface area contributed by atoms with Crippen LogP contribution in [-0.2, 0) is 16.6 Å². The molecule has 4 rings (SSSR count). The minimum Gasteiger partial charge on any atom is -0.486 e. The highest BCUT2D eigenvalue weighted by Gasteiger charge is 2.16. The molecule has 0 saturated carbocycles. The van der Waals surface area contributed by atoms with E-state index in [0.717, 1.165) is 5.56 Å². The van der Waals surface area contributed by atoms with Gasteiger partial charge < -0.3 is 14.5 Å². The monoisotopic (exact) mass is 512 g/mol. The number of ether oxygens (including phenoxy) is 1. The second-order valence-corrected chi connectivity index (χ2v) is 9.70. The Morgan fingerprint density at radius 2 is 1.74 bits per heavy atom. The molecule has 35 heavy (non-hydrogen) atoms. The molecule has 0 saturated heterocycles. The highest BCUT2D eigenvalue weighted by atomic mass is 35.5. The van der Waals surface area contributed by atoms with E-state index >= 15 is 0 Å². The lowest BCUT2D eigenvalue weighted by molar-refractivity contribution is 0.0992. The van der Waals surface area contributed by atoms with Gasteiger partial charge in [-0.1, -0.05) is 17.7 Å². The first kappa shape index (κ1) is 24.2. The number of amides is 1. The first-order valence-corrected chi connectivity index (χ1v) is 12.3. The van der Waals surface area contributed by atoms with Crippen molar-refractivity contribution < 1.29 is 22.4 Å². The van der Waals surface area contributed by atoms with Crippen molar-refractivity contribution in [2.24, 2.45) is 0 Å². The van der Waals surface area contributed by atoms with Crippen molar-refractivity contribution in [3.05, 3.63) is 94.5 Å². The van der Waals surface area contributed by atoms with Crippen molar-refractivity contribution in [2.45, 2.75) is 25.3 Å². The van der Waals surface area contributed by atoms with Crippen LogP contribution in [0.15, 0.2) is 76.0 Å². The van der Waals surface area contributed by atoms with Gasteiger partial charge in [0, 0.05) is 5.69 Å². The average molecular weight is 513 g/mol. The molecule has 0 spiro atoms. The van der Waals surface area contributed by atoms with E-state index in [9.17, 15) is 13.2 Å². The molecule has 0 aliphatic rings. The van der Waals surface area contributed by atoms with Crippen LogP contribution < -0.4 is 14.8 Å². The molecule has 0 unspecified atom stereocenters. The zero-order chi connectivity index (χ0) is 25.0. The lowest BCUT2D eigenvalue weighted by Gasteiger charge is -2.08. The summed E-state index contributed by atoms with van der Waals surface area (Å²) in [6.45, 7) is 4.20. The van der Waals surface area contributed by atoms with Crippen molar-refractivity contribution >= 4 is 39.0 Å². The zero-order valence-corrected chi connectivity index (χ0v) is 20.4. The maximum atomic E-state index is 12.5.